The van der Waals surface area contributed by atoms with Gasteiger partial charge in [-0.3, -0.25) is 4.79 Å². The molecule has 0 rings (SSSR count). The van der Waals surface area contributed by atoms with E-state index in [1.165, 1.54) is 0 Å². The summed E-state index contributed by atoms with van der Waals surface area (Å²) in [6, 6.07) is -0.235. The summed E-state index contributed by atoms with van der Waals surface area (Å²) in [4.78, 5) is 10.1. The third kappa shape index (κ3) is 12.6. The van der Waals surface area contributed by atoms with E-state index in [9.17, 15) is 4.79 Å². The molecule has 0 aromatic rings. The van der Waals surface area contributed by atoms with Crippen molar-refractivity contribution in [2.45, 2.75) is 25.3 Å². The van der Waals surface area contributed by atoms with Crippen molar-refractivity contribution in [2.24, 2.45) is 11.5 Å². The Labute approximate surface area is 84.5 Å². The Kier molecular flexibility index (Phi) is 16.4. The Morgan fingerprint density at radius 1 is 1.42 bits per heavy atom. The molecule has 0 aromatic heterocycles. The van der Waals surface area contributed by atoms with Gasteiger partial charge >= 0.3 is 5.97 Å². The molecule has 0 amide bonds. The predicted octanol–water partition coefficient (Wildman–Crippen LogP) is 0.371. The zero-order valence-electron chi connectivity index (χ0n) is 6.73. The van der Waals surface area contributed by atoms with Gasteiger partial charge in [-0.2, -0.15) is 0 Å². The van der Waals surface area contributed by atoms with E-state index in [1.807, 2.05) is 0 Å². The highest BCUT2D eigenvalue weighted by atomic mass is 35.5. The van der Waals surface area contributed by atoms with E-state index in [-0.39, 0.29) is 37.3 Å². The predicted molar refractivity (Wildman–Crippen MR) is 53.0 cm³/mol. The van der Waals surface area contributed by atoms with Crippen molar-refractivity contribution in [1.29, 1.82) is 0 Å². The maximum atomic E-state index is 10.1. The summed E-state index contributed by atoms with van der Waals surface area (Å²) in [6.45, 7) is 0.577. The first-order valence-corrected chi connectivity index (χ1v) is 3.34. The number of carbonyl (C=O) groups is 1. The smallest absolute Gasteiger partial charge is 0.304 e. The summed E-state index contributed by atoms with van der Waals surface area (Å²) < 4.78 is 0. The van der Waals surface area contributed by atoms with Crippen LogP contribution in [0.25, 0.3) is 0 Å². The molecule has 0 aliphatic rings. The van der Waals surface area contributed by atoms with Crippen LogP contribution in [0.15, 0.2) is 0 Å². The van der Waals surface area contributed by atoms with Crippen LogP contribution in [0.1, 0.15) is 19.3 Å². The Bertz CT molecular complexity index is 114. The number of carboxylic acid groups (broad SMARTS) is 1. The highest BCUT2D eigenvalue weighted by molar-refractivity contribution is 5.85. The maximum Gasteiger partial charge on any atom is 0.304 e. The fourth-order valence-corrected chi connectivity index (χ4v) is 0.706. The van der Waals surface area contributed by atoms with Crippen molar-refractivity contribution in [3.63, 3.8) is 0 Å². The maximum absolute atomic E-state index is 10.1. The molecule has 12 heavy (non-hydrogen) atoms. The third-order valence-corrected chi connectivity index (χ3v) is 1.22. The lowest BCUT2D eigenvalue weighted by molar-refractivity contribution is -0.137. The number of carboxylic acids is 1. The van der Waals surface area contributed by atoms with Crippen LogP contribution in [0.2, 0.25) is 0 Å². The topological polar surface area (TPSA) is 89.3 Å². The van der Waals surface area contributed by atoms with Gasteiger partial charge in [-0.15, -0.1) is 24.8 Å². The zero-order valence-corrected chi connectivity index (χ0v) is 8.37. The molecule has 0 unspecified atom stereocenters. The lowest BCUT2D eigenvalue weighted by Crippen LogP contribution is -2.24. The minimum absolute atomic E-state index is 0. The minimum atomic E-state index is -0.843. The van der Waals surface area contributed by atoms with Crippen molar-refractivity contribution in [3.8, 4) is 0 Å². The molecule has 76 valence electrons. The van der Waals surface area contributed by atoms with Gasteiger partial charge in [0.15, 0.2) is 0 Å². The van der Waals surface area contributed by atoms with E-state index < -0.39 is 5.97 Å². The molecule has 0 bridgehead atoms. The average molecular weight is 219 g/mol. The molecule has 0 aliphatic carbocycles. The molecule has 0 fully saturated rings. The molecule has 0 saturated carbocycles. The molecule has 0 heterocycles. The quantitative estimate of drug-likeness (QED) is 0.623. The van der Waals surface area contributed by atoms with Crippen molar-refractivity contribution in [3.05, 3.63) is 0 Å². The van der Waals surface area contributed by atoms with Crippen molar-refractivity contribution >= 4 is 30.8 Å². The van der Waals surface area contributed by atoms with Crippen LogP contribution in [-0.4, -0.2) is 23.7 Å². The van der Waals surface area contributed by atoms with Gasteiger partial charge in [0.05, 0.1) is 6.42 Å². The second-order valence-electron chi connectivity index (χ2n) is 2.29. The summed E-state index contributed by atoms with van der Waals surface area (Å²) in [5.74, 6) is -0.843. The van der Waals surface area contributed by atoms with Crippen LogP contribution in [0.3, 0.4) is 0 Å². The van der Waals surface area contributed by atoms with Crippen molar-refractivity contribution < 1.29 is 9.90 Å². The second kappa shape index (κ2) is 11.0. The second-order valence-corrected chi connectivity index (χ2v) is 2.29. The van der Waals surface area contributed by atoms with Gasteiger partial charge in [-0.25, -0.2) is 0 Å². The van der Waals surface area contributed by atoms with E-state index in [0.29, 0.717) is 13.0 Å². The number of aliphatic carboxylic acids is 1. The molecular weight excluding hydrogens is 203 g/mol. The molecule has 5 N–H and O–H groups in total. The number of halogens is 2. The number of rotatable bonds is 5. The molecule has 0 radical (unpaired) electrons. The Hall–Kier alpha value is -0.0300. The number of hydrogen-bond donors (Lipinski definition) is 3. The van der Waals surface area contributed by atoms with Gasteiger partial charge in [-0.05, 0) is 19.4 Å². The van der Waals surface area contributed by atoms with E-state index in [1.54, 1.807) is 0 Å². The highest BCUT2D eigenvalue weighted by Crippen LogP contribution is 1.96. The van der Waals surface area contributed by atoms with Gasteiger partial charge in [0.25, 0.3) is 0 Å². The van der Waals surface area contributed by atoms with E-state index >= 15 is 0 Å². The van der Waals surface area contributed by atoms with Crippen LogP contribution >= 0.6 is 24.8 Å². The highest BCUT2D eigenvalue weighted by Gasteiger charge is 2.05. The van der Waals surface area contributed by atoms with E-state index in [0.717, 1.165) is 6.42 Å². The van der Waals surface area contributed by atoms with Crippen LogP contribution < -0.4 is 11.5 Å². The van der Waals surface area contributed by atoms with Gasteiger partial charge < -0.3 is 16.6 Å². The fourth-order valence-electron chi connectivity index (χ4n) is 0.706. The van der Waals surface area contributed by atoms with Gasteiger partial charge in [0.2, 0.25) is 0 Å². The molecule has 4 nitrogen and oxygen atoms in total. The Morgan fingerprint density at radius 2 is 1.92 bits per heavy atom. The van der Waals surface area contributed by atoms with Gasteiger partial charge in [0, 0.05) is 6.04 Å². The molecule has 0 spiro atoms. The monoisotopic (exact) mass is 218 g/mol. The molecule has 0 aliphatic heterocycles. The van der Waals surface area contributed by atoms with Crippen molar-refractivity contribution in [1.82, 2.24) is 0 Å². The van der Waals surface area contributed by atoms with E-state index in [2.05, 4.69) is 0 Å². The molecule has 0 aromatic carbocycles. The molecule has 1 atom stereocenters. The minimum Gasteiger partial charge on any atom is -0.481 e. The number of nitrogens with two attached hydrogens (primary N) is 2. The summed E-state index contributed by atoms with van der Waals surface area (Å²) in [5, 5.41) is 8.27. The van der Waals surface area contributed by atoms with Gasteiger partial charge in [-0.1, -0.05) is 0 Å². The van der Waals surface area contributed by atoms with Gasteiger partial charge in [0.1, 0.15) is 0 Å². The summed E-state index contributed by atoms with van der Waals surface area (Å²) in [6.07, 6.45) is 1.54. The van der Waals surface area contributed by atoms with Crippen LogP contribution in [-0.2, 0) is 4.79 Å². The molecule has 6 heteroatoms. The first-order chi connectivity index (χ1) is 4.66. The summed E-state index contributed by atoms with van der Waals surface area (Å²) in [7, 11) is 0. The Balaban J connectivity index is -0.000000405. The normalized spacial score (nSPS) is 10.8. The lowest BCUT2D eigenvalue weighted by Gasteiger charge is -2.05. The SMILES string of the molecule is Cl.Cl.NCCC[C@H](N)CC(=O)O. The molecule has 0 saturated heterocycles. The molecular formula is C6H16Cl2N2O2. The standard InChI is InChI=1S/C6H14N2O2.2ClH/c7-3-1-2-5(8)4-6(9)10;;/h5H,1-4,7-8H2,(H,9,10);2*1H/t5-;;/m0../s1. The zero-order chi connectivity index (χ0) is 7.98. The summed E-state index contributed by atoms with van der Waals surface area (Å²) in [5.41, 5.74) is 10.6. The number of hydrogen-bond acceptors (Lipinski definition) is 3. The lowest BCUT2D eigenvalue weighted by atomic mass is 10.1. The fraction of sp³-hybridized carbons (Fsp3) is 0.833. The Morgan fingerprint density at radius 3 is 2.25 bits per heavy atom. The van der Waals surface area contributed by atoms with Crippen molar-refractivity contribution in [2.75, 3.05) is 6.54 Å². The summed E-state index contributed by atoms with van der Waals surface area (Å²) >= 11 is 0. The average Bonchev–Trinajstić information content (AvgIpc) is 1.82. The van der Waals surface area contributed by atoms with Crippen LogP contribution in [0.4, 0.5) is 0 Å². The first-order valence-electron chi connectivity index (χ1n) is 3.34. The third-order valence-electron chi connectivity index (χ3n) is 1.22. The first kappa shape index (κ1) is 17.9. The van der Waals surface area contributed by atoms with Crippen LogP contribution in [0.5, 0.6) is 0 Å². The van der Waals surface area contributed by atoms with Crippen LogP contribution in [0, 0.1) is 0 Å². The van der Waals surface area contributed by atoms with E-state index in [4.69, 9.17) is 16.6 Å². The largest absolute Gasteiger partial charge is 0.481 e.